The standard InChI is InChI=1S/C10H13BrN2/c1-12-10(4-5-10)6-9-3-2-8(11)7-13-9/h2-3,7,12H,4-6H2,1H3. The van der Waals surface area contributed by atoms with Gasteiger partial charge in [-0.25, -0.2) is 0 Å². The summed E-state index contributed by atoms with van der Waals surface area (Å²) in [4.78, 5) is 4.36. The number of rotatable bonds is 3. The molecule has 1 heterocycles. The van der Waals surface area contributed by atoms with Crippen LogP contribution in [0, 0.1) is 0 Å². The largest absolute Gasteiger partial charge is 0.314 e. The molecule has 1 N–H and O–H groups in total. The topological polar surface area (TPSA) is 24.9 Å². The summed E-state index contributed by atoms with van der Waals surface area (Å²) in [5.41, 5.74) is 1.54. The molecular weight excluding hydrogens is 228 g/mol. The van der Waals surface area contributed by atoms with Crippen LogP contribution in [0.25, 0.3) is 0 Å². The first-order valence-corrected chi connectivity index (χ1v) is 5.33. The fourth-order valence-electron chi connectivity index (χ4n) is 1.52. The smallest absolute Gasteiger partial charge is 0.0422 e. The van der Waals surface area contributed by atoms with Crippen molar-refractivity contribution in [1.29, 1.82) is 0 Å². The Hall–Kier alpha value is -0.410. The Labute approximate surface area is 86.9 Å². The van der Waals surface area contributed by atoms with E-state index in [9.17, 15) is 0 Å². The van der Waals surface area contributed by atoms with Crippen LogP contribution in [0.1, 0.15) is 18.5 Å². The Kier molecular flexibility index (Phi) is 2.39. The lowest BCUT2D eigenvalue weighted by atomic mass is 10.1. The van der Waals surface area contributed by atoms with Crippen LogP contribution in [0.15, 0.2) is 22.8 Å². The molecule has 0 aromatic carbocycles. The van der Waals surface area contributed by atoms with Gasteiger partial charge < -0.3 is 5.32 Å². The predicted molar refractivity (Wildman–Crippen MR) is 56.7 cm³/mol. The highest BCUT2D eigenvalue weighted by Crippen LogP contribution is 2.37. The molecule has 1 aromatic heterocycles. The SMILES string of the molecule is CNC1(Cc2ccc(Br)cn2)CC1. The average molecular weight is 241 g/mol. The van der Waals surface area contributed by atoms with Gasteiger partial charge in [0.2, 0.25) is 0 Å². The summed E-state index contributed by atoms with van der Waals surface area (Å²) in [6.07, 6.45) is 5.47. The zero-order valence-corrected chi connectivity index (χ0v) is 9.26. The number of pyridine rings is 1. The Balaban J connectivity index is 2.06. The first-order valence-electron chi connectivity index (χ1n) is 4.53. The van der Waals surface area contributed by atoms with Gasteiger partial charge in [0.15, 0.2) is 0 Å². The highest BCUT2D eigenvalue weighted by Gasteiger charge is 2.41. The number of nitrogens with one attached hydrogen (secondary N) is 1. The van der Waals surface area contributed by atoms with Crippen molar-refractivity contribution < 1.29 is 0 Å². The van der Waals surface area contributed by atoms with Crippen molar-refractivity contribution >= 4 is 15.9 Å². The van der Waals surface area contributed by atoms with Gasteiger partial charge in [0.05, 0.1) is 0 Å². The third-order valence-electron chi connectivity index (χ3n) is 2.69. The molecule has 2 nitrogen and oxygen atoms in total. The van der Waals surface area contributed by atoms with E-state index in [4.69, 9.17) is 0 Å². The Morgan fingerprint density at radius 1 is 1.54 bits per heavy atom. The van der Waals surface area contributed by atoms with Crippen LogP contribution in [0.2, 0.25) is 0 Å². The first kappa shape index (κ1) is 9.16. The molecule has 0 spiro atoms. The minimum absolute atomic E-state index is 0.362. The van der Waals surface area contributed by atoms with Crippen LogP contribution in [0.5, 0.6) is 0 Å². The Morgan fingerprint density at radius 2 is 2.31 bits per heavy atom. The molecule has 0 aliphatic heterocycles. The summed E-state index contributed by atoms with van der Waals surface area (Å²) in [5.74, 6) is 0. The van der Waals surface area contributed by atoms with Gasteiger partial charge in [0.25, 0.3) is 0 Å². The normalized spacial score (nSPS) is 18.6. The van der Waals surface area contributed by atoms with E-state index in [-0.39, 0.29) is 0 Å². The molecule has 13 heavy (non-hydrogen) atoms. The van der Waals surface area contributed by atoms with Crippen LogP contribution in [0.4, 0.5) is 0 Å². The van der Waals surface area contributed by atoms with Crippen LogP contribution in [-0.4, -0.2) is 17.6 Å². The molecule has 1 aliphatic rings. The van der Waals surface area contributed by atoms with Gasteiger partial charge in [-0.15, -0.1) is 0 Å². The Bertz CT molecular complexity index is 290. The van der Waals surface area contributed by atoms with E-state index in [0.717, 1.165) is 10.9 Å². The molecule has 1 saturated carbocycles. The highest BCUT2D eigenvalue weighted by atomic mass is 79.9. The minimum Gasteiger partial charge on any atom is -0.314 e. The summed E-state index contributed by atoms with van der Waals surface area (Å²) < 4.78 is 1.05. The lowest BCUT2D eigenvalue weighted by Crippen LogP contribution is -2.29. The highest BCUT2D eigenvalue weighted by molar-refractivity contribution is 9.10. The van der Waals surface area contributed by atoms with Gasteiger partial charge >= 0.3 is 0 Å². The van der Waals surface area contributed by atoms with E-state index in [1.807, 2.05) is 19.3 Å². The van der Waals surface area contributed by atoms with Crippen molar-refractivity contribution in [2.45, 2.75) is 24.8 Å². The molecule has 0 amide bonds. The summed E-state index contributed by atoms with van der Waals surface area (Å²) in [7, 11) is 2.03. The van der Waals surface area contributed by atoms with Crippen molar-refractivity contribution in [2.24, 2.45) is 0 Å². The van der Waals surface area contributed by atoms with Gasteiger partial charge in [-0.05, 0) is 48.0 Å². The van der Waals surface area contributed by atoms with E-state index >= 15 is 0 Å². The number of likely N-dealkylation sites (N-methyl/N-ethyl adjacent to an activating group) is 1. The van der Waals surface area contributed by atoms with Crippen LogP contribution >= 0.6 is 15.9 Å². The molecule has 3 heteroatoms. The molecule has 1 aliphatic carbocycles. The number of nitrogens with zero attached hydrogens (tertiary/aromatic N) is 1. The summed E-state index contributed by atoms with van der Waals surface area (Å²) in [6.45, 7) is 0. The summed E-state index contributed by atoms with van der Waals surface area (Å²) >= 11 is 3.38. The van der Waals surface area contributed by atoms with Crippen molar-refractivity contribution in [3.63, 3.8) is 0 Å². The molecule has 0 bridgehead atoms. The van der Waals surface area contributed by atoms with Gasteiger partial charge in [-0.2, -0.15) is 0 Å². The van der Waals surface area contributed by atoms with Crippen molar-refractivity contribution in [3.8, 4) is 0 Å². The zero-order valence-electron chi connectivity index (χ0n) is 7.68. The minimum atomic E-state index is 0.362. The lowest BCUT2D eigenvalue weighted by molar-refractivity contribution is 0.542. The monoisotopic (exact) mass is 240 g/mol. The number of halogens is 1. The third-order valence-corrected chi connectivity index (χ3v) is 3.16. The first-order chi connectivity index (χ1) is 6.24. The molecular formula is C10H13BrN2. The van der Waals surface area contributed by atoms with Gasteiger partial charge in [0.1, 0.15) is 0 Å². The van der Waals surface area contributed by atoms with Crippen LogP contribution in [0.3, 0.4) is 0 Å². The molecule has 1 aromatic rings. The van der Waals surface area contributed by atoms with Gasteiger partial charge in [-0.3, -0.25) is 4.98 Å². The van der Waals surface area contributed by atoms with E-state index in [1.165, 1.54) is 18.5 Å². The molecule has 0 unspecified atom stereocenters. The summed E-state index contributed by atoms with van der Waals surface area (Å²) in [5, 5.41) is 3.36. The zero-order chi connectivity index (χ0) is 9.31. The number of aromatic nitrogens is 1. The maximum absolute atomic E-state index is 4.36. The second-order valence-corrected chi connectivity index (χ2v) is 4.59. The molecule has 0 atom stereocenters. The molecule has 0 saturated heterocycles. The second kappa shape index (κ2) is 3.39. The molecule has 70 valence electrons. The lowest BCUT2D eigenvalue weighted by Gasteiger charge is -2.12. The van der Waals surface area contributed by atoms with E-state index in [2.05, 4.69) is 32.3 Å². The molecule has 2 rings (SSSR count). The summed E-state index contributed by atoms with van der Waals surface area (Å²) in [6, 6.07) is 4.13. The molecule has 0 radical (unpaired) electrons. The fraction of sp³-hybridized carbons (Fsp3) is 0.500. The molecule has 1 fully saturated rings. The second-order valence-electron chi connectivity index (χ2n) is 3.67. The number of hydrogen-bond acceptors (Lipinski definition) is 2. The fourth-order valence-corrected chi connectivity index (χ4v) is 1.76. The maximum atomic E-state index is 4.36. The Morgan fingerprint density at radius 3 is 2.77 bits per heavy atom. The third kappa shape index (κ3) is 2.09. The van der Waals surface area contributed by atoms with Gasteiger partial charge in [-0.1, -0.05) is 0 Å². The van der Waals surface area contributed by atoms with Crippen LogP contribution in [-0.2, 0) is 6.42 Å². The van der Waals surface area contributed by atoms with Crippen LogP contribution < -0.4 is 5.32 Å². The van der Waals surface area contributed by atoms with E-state index in [0.29, 0.717) is 5.54 Å². The number of hydrogen-bond donors (Lipinski definition) is 1. The average Bonchev–Trinajstić information content (AvgIpc) is 2.90. The van der Waals surface area contributed by atoms with Crippen molar-refractivity contribution in [3.05, 3.63) is 28.5 Å². The van der Waals surface area contributed by atoms with E-state index < -0.39 is 0 Å². The van der Waals surface area contributed by atoms with E-state index in [1.54, 1.807) is 0 Å². The van der Waals surface area contributed by atoms with Crippen molar-refractivity contribution in [2.75, 3.05) is 7.05 Å². The maximum Gasteiger partial charge on any atom is 0.0422 e. The van der Waals surface area contributed by atoms with Crippen molar-refractivity contribution in [1.82, 2.24) is 10.3 Å². The quantitative estimate of drug-likeness (QED) is 0.876. The predicted octanol–water partition coefficient (Wildman–Crippen LogP) is 2.14. The van der Waals surface area contributed by atoms with Gasteiger partial charge in [0, 0.05) is 28.3 Å².